The molecule has 0 unspecified atom stereocenters. The maximum atomic E-state index is 13.4. The lowest BCUT2D eigenvalue weighted by Gasteiger charge is -2.21. The van der Waals surface area contributed by atoms with Crippen LogP contribution in [0, 0.1) is 11.7 Å². The van der Waals surface area contributed by atoms with Crippen LogP contribution in [0.25, 0.3) is 0 Å². The highest BCUT2D eigenvalue weighted by Gasteiger charge is 2.13. The van der Waals surface area contributed by atoms with Gasteiger partial charge in [-0.05, 0) is 12.3 Å². The van der Waals surface area contributed by atoms with E-state index in [9.17, 15) is 4.39 Å². The molecule has 0 atom stereocenters. The average molecular weight is 253 g/mol. The second kappa shape index (κ2) is 6.49. The molecule has 0 radical (unpaired) electrons. The maximum Gasteiger partial charge on any atom is 0.239 e. The van der Waals surface area contributed by atoms with Crippen molar-refractivity contribution in [3.05, 3.63) is 12.0 Å². The monoisotopic (exact) mass is 253 g/mol. The zero-order valence-electron chi connectivity index (χ0n) is 10.5. The SMILES string of the molecule is NNc1ncc(F)c(NCCC2CCCCC2)n1. The minimum atomic E-state index is -0.447. The van der Waals surface area contributed by atoms with Crippen molar-refractivity contribution < 1.29 is 4.39 Å². The first-order valence-corrected chi connectivity index (χ1v) is 6.52. The van der Waals surface area contributed by atoms with E-state index in [4.69, 9.17) is 5.84 Å². The Morgan fingerprint density at radius 2 is 2.11 bits per heavy atom. The van der Waals surface area contributed by atoms with Crippen LogP contribution in [-0.2, 0) is 0 Å². The first-order valence-electron chi connectivity index (χ1n) is 6.52. The fraction of sp³-hybridized carbons (Fsp3) is 0.667. The molecule has 1 heterocycles. The molecule has 0 aromatic carbocycles. The van der Waals surface area contributed by atoms with Gasteiger partial charge in [0.1, 0.15) is 0 Å². The lowest BCUT2D eigenvalue weighted by molar-refractivity contribution is 0.345. The highest BCUT2D eigenvalue weighted by molar-refractivity contribution is 5.40. The van der Waals surface area contributed by atoms with Crippen molar-refractivity contribution in [3.8, 4) is 0 Å². The van der Waals surface area contributed by atoms with Crippen LogP contribution in [0.15, 0.2) is 6.20 Å². The van der Waals surface area contributed by atoms with Crippen molar-refractivity contribution in [2.45, 2.75) is 38.5 Å². The van der Waals surface area contributed by atoms with E-state index in [0.717, 1.165) is 25.1 Å². The van der Waals surface area contributed by atoms with Crippen LogP contribution in [0.2, 0.25) is 0 Å². The number of hydrogen-bond acceptors (Lipinski definition) is 5. The first-order chi connectivity index (χ1) is 8.79. The van der Waals surface area contributed by atoms with Gasteiger partial charge in [0.2, 0.25) is 5.95 Å². The molecule has 100 valence electrons. The Labute approximate surface area is 106 Å². The maximum absolute atomic E-state index is 13.4. The molecule has 1 aliphatic carbocycles. The number of aromatic nitrogens is 2. The molecule has 2 rings (SSSR count). The summed E-state index contributed by atoms with van der Waals surface area (Å²) in [5, 5.41) is 3.01. The van der Waals surface area contributed by atoms with Crippen molar-refractivity contribution >= 4 is 11.8 Å². The lowest BCUT2D eigenvalue weighted by Crippen LogP contribution is -2.15. The number of nitrogens with two attached hydrogens (primary N) is 1. The third-order valence-electron chi connectivity index (χ3n) is 3.44. The molecule has 0 spiro atoms. The highest BCUT2D eigenvalue weighted by Crippen LogP contribution is 2.26. The van der Waals surface area contributed by atoms with Gasteiger partial charge in [0.15, 0.2) is 11.6 Å². The molecule has 1 saturated carbocycles. The second-order valence-electron chi connectivity index (χ2n) is 4.75. The summed E-state index contributed by atoms with van der Waals surface area (Å²) in [5.41, 5.74) is 2.31. The van der Waals surface area contributed by atoms with E-state index in [0.29, 0.717) is 0 Å². The number of nitrogen functional groups attached to an aromatic ring is 1. The van der Waals surface area contributed by atoms with Gasteiger partial charge >= 0.3 is 0 Å². The Hall–Kier alpha value is -1.43. The molecule has 5 nitrogen and oxygen atoms in total. The Balaban J connectivity index is 1.81. The predicted molar refractivity (Wildman–Crippen MR) is 69.5 cm³/mol. The van der Waals surface area contributed by atoms with Crippen LogP contribution < -0.4 is 16.6 Å². The number of rotatable bonds is 5. The normalized spacial score (nSPS) is 16.6. The first kappa shape index (κ1) is 13.0. The van der Waals surface area contributed by atoms with E-state index in [1.54, 1.807) is 0 Å². The van der Waals surface area contributed by atoms with Crippen LogP contribution in [-0.4, -0.2) is 16.5 Å². The molecule has 18 heavy (non-hydrogen) atoms. The van der Waals surface area contributed by atoms with Gasteiger partial charge in [-0.2, -0.15) is 4.98 Å². The molecule has 1 fully saturated rings. The van der Waals surface area contributed by atoms with E-state index in [-0.39, 0.29) is 11.8 Å². The minimum absolute atomic E-state index is 0.216. The summed E-state index contributed by atoms with van der Waals surface area (Å²) in [7, 11) is 0. The Bertz CT molecular complexity index is 379. The molecular weight excluding hydrogens is 233 g/mol. The molecule has 1 aromatic heterocycles. The van der Waals surface area contributed by atoms with Gasteiger partial charge in [0.05, 0.1) is 6.20 Å². The molecule has 1 aliphatic rings. The quantitative estimate of drug-likeness (QED) is 0.554. The van der Waals surface area contributed by atoms with Crippen LogP contribution in [0.1, 0.15) is 38.5 Å². The van der Waals surface area contributed by atoms with Crippen molar-refractivity contribution in [3.63, 3.8) is 0 Å². The molecule has 0 bridgehead atoms. The van der Waals surface area contributed by atoms with E-state index >= 15 is 0 Å². The summed E-state index contributed by atoms with van der Waals surface area (Å²) in [4.78, 5) is 7.63. The minimum Gasteiger partial charge on any atom is -0.367 e. The summed E-state index contributed by atoms with van der Waals surface area (Å²) in [6.07, 6.45) is 8.78. The second-order valence-corrected chi connectivity index (χ2v) is 4.75. The fourth-order valence-electron chi connectivity index (χ4n) is 2.43. The van der Waals surface area contributed by atoms with Gasteiger partial charge < -0.3 is 5.32 Å². The van der Waals surface area contributed by atoms with Crippen LogP contribution in [0.3, 0.4) is 0 Å². The molecule has 0 saturated heterocycles. The molecule has 0 aliphatic heterocycles. The molecule has 6 heteroatoms. The number of anilines is 2. The summed E-state index contributed by atoms with van der Waals surface area (Å²) < 4.78 is 13.4. The largest absolute Gasteiger partial charge is 0.367 e. The highest BCUT2D eigenvalue weighted by atomic mass is 19.1. The molecule has 1 aromatic rings. The Morgan fingerprint density at radius 3 is 2.83 bits per heavy atom. The zero-order chi connectivity index (χ0) is 12.8. The third kappa shape index (κ3) is 3.53. The number of nitrogens with zero attached hydrogens (tertiary/aromatic N) is 2. The summed E-state index contributed by atoms with van der Waals surface area (Å²) in [6.45, 7) is 0.739. The summed E-state index contributed by atoms with van der Waals surface area (Å²) in [6, 6.07) is 0. The van der Waals surface area contributed by atoms with E-state index in [2.05, 4.69) is 20.7 Å². The summed E-state index contributed by atoms with van der Waals surface area (Å²) in [5.74, 6) is 5.94. The standard InChI is InChI=1S/C12H20FN5/c13-10-8-16-12(18-14)17-11(10)15-7-6-9-4-2-1-3-5-9/h8-9H,1-7,14H2,(H2,15,16,17,18). The van der Waals surface area contributed by atoms with E-state index in [1.807, 2.05) is 0 Å². The van der Waals surface area contributed by atoms with Crippen LogP contribution in [0.5, 0.6) is 0 Å². The van der Waals surface area contributed by atoms with Crippen LogP contribution >= 0.6 is 0 Å². The zero-order valence-corrected chi connectivity index (χ0v) is 10.5. The number of halogens is 1. The number of hydrazine groups is 1. The number of nitrogens with one attached hydrogen (secondary N) is 2. The predicted octanol–water partition coefficient (Wildman–Crippen LogP) is 2.28. The van der Waals surface area contributed by atoms with Gasteiger partial charge in [0, 0.05) is 6.54 Å². The van der Waals surface area contributed by atoms with E-state index in [1.165, 1.54) is 32.1 Å². The van der Waals surface area contributed by atoms with Gasteiger partial charge in [-0.1, -0.05) is 32.1 Å². The smallest absolute Gasteiger partial charge is 0.239 e. The van der Waals surface area contributed by atoms with Crippen molar-refractivity contribution in [1.82, 2.24) is 9.97 Å². The van der Waals surface area contributed by atoms with Crippen molar-refractivity contribution in [1.29, 1.82) is 0 Å². The third-order valence-corrected chi connectivity index (χ3v) is 3.44. The van der Waals surface area contributed by atoms with Crippen molar-refractivity contribution in [2.24, 2.45) is 11.8 Å². The van der Waals surface area contributed by atoms with Gasteiger partial charge in [-0.15, -0.1) is 0 Å². The average Bonchev–Trinajstić information content (AvgIpc) is 2.42. The summed E-state index contributed by atoms with van der Waals surface area (Å²) >= 11 is 0. The van der Waals surface area contributed by atoms with Crippen molar-refractivity contribution in [2.75, 3.05) is 17.3 Å². The fourth-order valence-corrected chi connectivity index (χ4v) is 2.43. The van der Waals surface area contributed by atoms with Crippen LogP contribution in [0.4, 0.5) is 16.2 Å². The lowest BCUT2D eigenvalue weighted by atomic mass is 9.87. The number of hydrogen-bond donors (Lipinski definition) is 3. The van der Waals surface area contributed by atoms with Gasteiger partial charge in [-0.25, -0.2) is 15.2 Å². The molecule has 0 amide bonds. The van der Waals surface area contributed by atoms with E-state index < -0.39 is 5.82 Å². The molecule has 4 N–H and O–H groups in total. The topological polar surface area (TPSA) is 75.9 Å². The Kier molecular flexibility index (Phi) is 4.69. The van der Waals surface area contributed by atoms with Gasteiger partial charge in [0.25, 0.3) is 0 Å². The molecular formula is C12H20FN5. The van der Waals surface area contributed by atoms with Gasteiger partial charge in [-0.3, -0.25) is 5.43 Å². The Morgan fingerprint density at radius 1 is 1.33 bits per heavy atom.